The van der Waals surface area contributed by atoms with Gasteiger partial charge in [0.15, 0.2) is 0 Å². The maximum atomic E-state index is 13.4. The summed E-state index contributed by atoms with van der Waals surface area (Å²) >= 11 is 0. The lowest BCUT2D eigenvalue weighted by Crippen LogP contribution is -2.43. The molecule has 1 fully saturated rings. The summed E-state index contributed by atoms with van der Waals surface area (Å²) < 4.78 is 7.11. The van der Waals surface area contributed by atoms with E-state index < -0.39 is 6.04 Å². The van der Waals surface area contributed by atoms with Gasteiger partial charge in [-0.25, -0.2) is 4.68 Å². The van der Waals surface area contributed by atoms with Gasteiger partial charge in [0.25, 0.3) is 0 Å². The van der Waals surface area contributed by atoms with Crippen molar-refractivity contribution in [3.63, 3.8) is 0 Å². The highest BCUT2D eigenvalue weighted by atomic mass is 16.5. The van der Waals surface area contributed by atoms with Crippen LogP contribution in [0.2, 0.25) is 0 Å². The second-order valence-electron chi connectivity index (χ2n) is 8.38. The second-order valence-corrected chi connectivity index (χ2v) is 8.38. The van der Waals surface area contributed by atoms with Gasteiger partial charge in [0.05, 0.1) is 6.61 Å². The molecule has 1 atom stereocenters. The lowest BCUT2D eigenvalue weighted by molar-refractivity contribution is -0.136. The van der Waals surface area contributed by atoms with E-state index in [4.69, 9.17) is 4.74 Å². The van der Waals surface area contributed by atoms with Gasteiger partial charge in [0, 0.05) is 19.5 Å². The quantitative estimate of drug-likeness (QED) is 0.514. The molecule has 0 N–H and O–H groups in total. The molecule has 32 heavy (non-hydrogen) atoms. The number of amides is 1. The number of tetrazole rings is 1. The first kappa shape index (κ1) is 22.0. The molecule has 3 aromatic rings. The molecule has 7 nitrogen and oxygen atoms in total. The number of aryl methyl sites for hydroxylation is 1. The summed E-state index contributed by atoms with van der Waals surface area (Å²) in [5.41, 5.74) is 2.44. The molecular weight excluding hydrogens is 402 g/mol. The topological polar surface area (TPSA) is 73.1 Å². The molecule has 7 heteroatoms. The Morgan fingerprint density at radius 1 is 1.06 bits per heavy atom. The van der Waals surface area contributed by atoms with Crippen molar-refractivity contribution >= 4 is 5.91 Å². The van der Waals surface area contributed by atoms with Crippen LogP contribution in [0.15, 0.2) is 60.9 Å². The molecule has 0 radical (unpaired) electrons. The summed E-state index contributed by atoms with van der Waals surface area (Å²) in [5, 5.41) is 11.5. The Bertz CT molecular complexity index is 952. The normalized spacial score (nSPS) is 15.5. The van der Waals surface area contributed by atoms with E-state index in [1.165, 1.54) is 11.9 Å². The average molecular weight is 434 g/mol. The Morgan fingerprint density at radius 2 is 1.81 bits per heavy atom. The van der Waals surface area contributed by atoms with E-state index in [9.17, 15) is 4.79 Å². The van der Waals surface area contributed by atoms with E-state index in [1.54, 1.807) is 4.68 Å². The number of hydrogen-bond acceptors (Lipinski definition) is 5. The van der Waals surface area contributed by atoms with Gasteiger partial charge in [-0.1, -0.05) is 42.5 Å². The van der Waals surface area contributed by atoms with Crippen LogP contribution in [-0.4, -0.2) is 50.7 Å². The maximum Gasteiger partial charge on any atom is 0.247 e. The van der Waals surface area contributed by atoms with Gasteiger partial charge in [-0.3, -0.25) is 4.79 Å². The molecular formula is C25H31N5O2. The third-order valence-corrected chi connectivity index (χ3v) is 6.24. The van der Waals surface area contributed by atoms with Crippen molar-refractivity contribution in [1.29, 1.82) is 0 Å². The number of hydrogen-bond donors (Lipinski definition) is 0. The summed E-state index contributed by atoms with van der Waals surface area (Å²) in [4.78, 5) is 15.4. The first-order valence-corrected chi connectivity index (χ1v) is 11.5. The Balaban J connectivity index is 1.30. The van der Waals surface area contributed by atoms with E-state index >= 15 is 0 Å². The van der Waals surface area contributed by atoms with Crippen molar-refractivity contribution in [2.75, 3.05) is 19.7 Å². The molecule has 168 valence electrons. The van der Waals surface area contributed by atoms with Gasteiger partial charge in [-0.05, 0) is 72.2 Å². The molecule has 1 aliphatic rings. The van der Waals surface area contributed by atoms with E-state index in [0.29, 0.717) is 18.9 Å². The highest BCUT2D eigenvalue weighted by Crippen LogP contribution is 2.26. The summed E-state index contributed by atoms with van der Waals surface area (Å²) in [7, 11) is 0. The molecule has 2 heterocycles. The highest BCUT2D eigenvalue weighted by Gasteiger charge is 2.30. The van der Waals surface area contributed by atoms with Crippen molar-refractivity contribution in [2.24, 2.45) is 5.92 Å². The monoisotopic (exact) mass is 433 g/mol. The number of carbonyl (C=O) groups is 1. The minimum atomic E-state index is -0.409. The van der Waals surface area contributed by atoms with Crippen LogP contribution in [0, 0.1) is 5.92 Å². The third-order valence-electron chi connectivity index (χ3n) is 6.24. The van der Waals surface area contributed by atoms with Crippen LogP contribution < -0.4 is 4.74 Å². The first-order chi connectivity index (χ1) is 15.7. The Hall–Kier alpha value is -3.22. The zero-order chi connectivity index (χ0) is 22.2. The highest BCUT2D eigenvalue weighted by molar-refractivity contribution is 5.80. The van der Waals surface area contributed by atoms with Crippen LogP contribution in [0.1, 0.15) is 43.4 Å². The van der Waals surface area contributed by atoms with Crippen LogP contribution in [0.3, 0.4) is 0 Å². The molecule has 0 bridgehead atoms. The Labute approximate surface area is 189 Å². The van der Waals surface area contributed by atoms with Crippen molar-refractivity contribution in [2.45, 2.75) is 45.1 Å². The Kier molecular flexibility index (Phi) is 7.48. The van der Waals surface area contributed by atoms with Gasteiger partial charge in [-0.15, -0.1) is 5.10 Å². The van der Waals surface area contributed by atoms with Crippen molar-refractivity contribution < 1.29 is 9.53 Å². The third kappa shape index (κ3) is 5.72. The average Bonchev–Trinajstić information content (AvgIpc) is 3.38. The molecule has 0 spiro atoms. The zero-order valence-electron chi connectivity index (χ0n) is 18.6. The predicted molar refractivity (Wildman–Crippen MR) is 122 cm³/mol. The number of likely N-dealkylation sites (tertiary alicyclic amines) is 1. The molecule has 1 saturated heterocycles. The Morgan fingerprint density at radius 3 is 2.47 bits per heavy atom. The van der Waals surface area contributed by atoms with Gasteiger partial charge in [-0.2, -0.15) is 0 Å². The minimum Gasteiger partial charge on any atom is -0.494 e. The molecule has 1 aliphatic heterocycles. The van der Waals surface area contributed by atoms with E-state index in [0.717, 1.165) is 50.1 Å². The molecule has 4 rings (SSSR count). The standard InChI is InChI=1S/C25H31N5O2/c1-2-32-23-12-10-20(11-13-23)8-9-21-14-16-29(17-15-21)25(31)24(30-19-26-27-28-30)18-22-6-4-3-5-7-22/h3-7,10-13,19,21,24H,2,8-9,14-18H2,1H3. The van der Waals surface area contributed by atoms with E-state index in [1.807, 2.05) is 54.3 Å². The molecule has 2 aromatic carbocycles. The maximum absolute atomic E-state index is 13.4. The van der Waals surface area contributed by atoms with Crippen molar-refractivity contribution in [3.8, 4) is 5.75 Å². The fourth-order valence-corrected chi connectivity index (χ4v) is 4.39. The summed E-state index contributed by atoms with van der Waals surface area (Å²) in [6.45, 7) is 4.27. The van der Waals surface area contributed by atoms with Gasteiger partial charge >= 0.3 is 0 Å². The predicted octanol–water partition coefficient (Wildman–Crippen LogP) is 3.73. The number of aromatic nitrogens is 4. The van der Waals surface area contributed by atoms with Crippen LogP contribution in [0.5, 0.6) is 5.75 Å². The van der Waals surface area contributed by atoms with Crippen molar-refractivity contribution in [3.05, 3.63) is 72.1 Å². The van der Waals surface area contributed by atoms with Crippen LogP contribution in [0.4, 0.5) is 0 Å². The number of rotatable bonds is 9. The van der Waals surface area contributed by atoms with Crippen LogP contribution in [0.25, 0.3) is 0 Å². The summed E-state index contributed by atoms with van der Waals surface area (Å²) in [6, 6.07) is 18.0. The number of benzene rings is 2. The first-order valence-electron chi connectivity index (χ1n) is 11.5. The molecule has 1 amide bonds. The fourth-order valence-electron chi connectivity index (χ4n) is 4.39. The SMILES string of the molecule is CCOc1ccc(CCC2CCN(C(=O)C(Cc3ccccc3)n3cnnn3)CC2)cc1. The smallest absolute Gasteiger partial charge is 0.247 e. The van der Waals surface area contributed by atoms with Gasteiger partial charge in [0.2, 0.25) is 5.91 Å². The lowest BCUT2D eigenvalue weighted by atomic mass is 9.90. The van der Waals surface area contributed by atoms with Gasteiger partial charge < -0.3 is 9.64 Å². The lowest BCUT2D eigenvalue weighted by Gasteiger charge is -2.34. The molecule has 1 unspecified atom stereocenters. The van der Waals surface area contributed by atoms with Crippen LogP contribution in [-0.2, 0) is 17.6 Å². The number of carbonyl (C=O) groups excluding carboxylic acids is 1. The number of ether oxygens (including phenoxy) is 1. The van der Waals surface area contributed by atoms with Crippen molar-refractivity contribution in [1.82, 2.24) is 25.1 Å². The largest absolute Gasteiger partial charge is 0.494 e. The second kappa shape index (κ2) is 10.9. The van der Waals surface area contributed by atoms with Crippen LogP contribution >= 0.6 is 0 Å². The zero-order valence-corrected chi connectivity index (χ0v) is 18.6. The fraction of sp³-hybridized carbons (Fsp3) is 0.440. The summed E-state index contributed by atoms with van der Waals surface area (Å²) in [6.07, 6.45) is 6.41. The number of piperidine rings is 1. The molecule has 1 aromatic heterocycles. The molecule has 0 saturated carbocycles. The minimum absolute atomic E-state index is 0.103. The van der Waals surface area contributed by atoms with Gasteiger partial charge in [0.1, 0.15) is 18.1 Å². The molecule has 0 aliphatic carbocycles. The van der Waals surface area contributed by atoms with E-state index in [-0.39, 0.29) is 5.91 Å². The summed E-state index contributed by atoms with van der Waals surface area (Å²) in [5.74, 6) is 1.67. The number of nitrogens with zero attached hydrogens (tertiary/aromatic N) is 5. The van der Waals surface area contributed by atoms with E-state index in [2.05, 4.69) is 27.7 Å².